The maximum Gasteiger partial charge on any atom is 0.176 e. The normalized spacial score (nSPS) is 12.6. The Balaban J connectivity index is 2.25. The lowest BCUT2D eigenvalue weighted by Crippen LogP contribution is -2.31. The fourth-order valence-electron chi connectivity index (χ4n) is 1.87. The van der Waals surface area contributed by atoms with Crippen molar-refractivity contribution in [3.05, 3.63) is 36.8 Å². The Labute approximate surface area is 113 Å². The first-order chi connectivity index (χ1) is 9.22. The predicted octanol–water partition coefficient (Wildman–Crippen LogP) is 2.35. The molecule has 0 aliphatic carbocycles. The summed E-state index contributed by atoms with van der Waals surface area (Å²) in [5, 5.41) is 7.72. The third-order valence-corrected chi connectivity index (χ3v) is 3.00. The summed E-state index contributed by atoms with van der Waals surface area (Å²) in [6, 6.07) is 6.05. The van der Waals surface area contributed by atoms with Gasteiger partial charge in [0.05, 0.1) is 18.3 Å². The summed E-state index contributed by atoms with van der Waals surface area (Å²) in [5.41, 5.74) is 0.960. The topological polar surface area (TPSA) is 52.0 Å². The number of anilines is 1. The highest BCUT2D eigenvalue weighted by Crippen LogP contribution is 2.19. The second kappa shape index (κ2) is 6.33. The molecule has 0 spiro atoms. The molecule has 2 aromatic rings. The first-order valence-corrected chi connectivity index (χ1v) is 6.43. The second-order valence-corrected chi connectivity index (χ2v) is 4.78. The molecule has 19 heavy (non-hydrogen) atoms. The Bertz CT molecular complexity index is 496. The molecular weight excluding hydrogens is 240 g/mol. The van der Waals surface area contributed by atoms with E-state index in [0.717, 1.165) is 11.5 Å². The Hall–Kier alpha value is -1.88. The van der Waals surface area contributed by atoms with Gasteiger partial charge in [-0.1, -0.05) is 13.8 Å². The van der Waals surface area contributed by atoms with Crippen LogP contribution in [0.25, 0.3) is 5.82 Å². The Kier molecular flexibility index (Phi) is 4.52. The summed E-state index contributed by atoms with van der Waals surface area (Å²) in [7, 11) is 1.72. The average Bonchev–Trinajstić information content (AvgIpc) is 2.92. The van der Waals surface area contributed by atoms with Gasteiger partial charge in [0.1, 0.15) is 0 Å². The van der Waals surface area contributed by atoms with E-state index in [9.17, 15) is 0 Å². The monoisotopic (exact) mass is 260 g/mol. The molecule has 0 aliphatic rings. The van der Waals surface area contributed by atoms with Gasteiger partial charge in [-0.2, -0.15) is 5.10 Å². The van der Waals surface area contributed by atoms with Crippen molar-refractivity contribution in [2.75, 3.05) is 19.0 Å². The molecule has 0 saturated heterocycles. The van der Waals surface area contributed by atoms with Crippen LogP contribution in [0.15, 0.2) is 36.8 Å². The van der Waals surface area contributed by atoms with Crippen molar-refractivity contribution in [3.63, 3.8) is 0 Å². The summed E-state index contributed by atoms with van der Waals surface area (Å²) in [5.74, 6) is 1.26. The Morgan fingerprint density at radius 2 is 2.16 bits per heavy atom. The number of ether oxygens (including phenoxy) is 1. The zero-order valence-corrected chi connectivity index (χ0v) is 11.6. The van der Waals surface area contributed by atoms with Gasteiger partial charge in [0, 0.05) is 25.7 Å². The van der Waals surface area contributed by atoms with E-state index in [-0.39, 0.29) is 6.04 Å². The zero-order valence-electron chi connectivity index (χ0n) is 11.6. The minimum atomic E-state index is 0.239. The first kappa shape index (κ1) is 13.5. The fourth-order valence-corrected chi connectivity index (χ4v) is 1.87. The van der Waals surface area contributed by atoms with Crippen LogP contribution in [0.4, 0.5) is 5.69 Å². The van der Waals surface area contributed by atoms with Gasteiger partial charge in [-0.15, -0.1) is 0 Å². The van der Waals surface area contributed by atoms with Gasteiger partial charge in [0.2, 0.25) is 0 Å². The first-order valence-electron chi connectivity index (χ1n) is 6.43. The Morgan fingerprint density at radius 3 is 2.79 bits per heavy atom. The van der Waals surface area contributed by atoms with Gasteiger partial charge < -0.3 is 10.1 Å². The number of rotatable bonds is 6. The maximum absolute atomic E-state index is 5.26. The molecular formula is C14H20N4O. The van der Waals surface area contributed by atoms with E-state index in [1.807, 2.05) is 24.4 Å². The molecule has 1 N–H and O–H groups in total. The van der Waals surface area contributed by atoms with Crippen LogP contribution in [0.3, 0.4) is 0 Å². The predicted molar refractivity (Wildman–Crippen MR) is 75.5 cm³/mol. The summed E-state index contributed by atoms with van der Waals surface area (Å²) in [6.07, 6.45) is 5.39. The summed E-state index contributed by atoms with van der Waals surface area (Å²) < 4.78 is 7.02. The van der Waals surface area contributed by atoms with Crippen LogP contribution in [0, 0.1) is 5.92 Å². The van der Waals surface area contributed by atoms with Crippen LogP contribution in [0.2, 0.25) is 0 Å². The number of pyridine rings is 1. The number of nitrogens with zero attached hydrogens (tertiary/aromatic N) is 3. The lowest BCUT2D eigenvalue weighted by Gasteiger charge is -2.23. The van der Waals surface area contributed by atoms with Gasteiger partial charge >= 0.3 is 0 Å². The van der Waals surface area contributed by atoms with Crippen LogP contribution >= 0.6 is 0 Å². The molecule has 0 aliphatic heterocycles. The van der Waals surface area contributed by atoms with E-state index in [4.69, 9.17) is 4.74 Å². The molecule has 2 heterocycles. The molecule has 102 valence electrons. The Morgan fingerprint density at radius 1 is 1.32 bits per heavy atom. The molecule has 0 amide bonds. The van der Waals surface area contributed by atoms with Crippen molar-refractivity contribution in [2.45, 2.75) is 19.9 Å². The molecule has 2 rings (SSSR count). The van der Waals surface area contributed by atoms with Crippen molar-refractivity contribution >= 4 is 5.69 Å². The van der Waals surface area contributed by atoms with E-state index >= 15 is 0 Å². The van der Waals surface area contributed by atoms with E-state index in [1.54, 1.807) is 24.2 Å². The number of hydrogen-bond acceptors (Lipinski definition) is 4. The van der Waals surface area contributed by atoms with Gasteiger partial charge in [-0.3, -0.25) is 0 Å². The minimum absolute atomic E-state index is 0.239. The highest BCUT2D eigenvalue weighted by Gasteiger charge is 2.15. The highest BCUT2D eigenvalue weighted by atomic mass is 16.5. The van der Waals surface area contributed by atoms with Crippen LogP contribution < -0.4 is 5.32 Å². The van der Waals surface area contributed by atoms with Crippen molar-refractivity contribution < 1.29 is 4.74 Å². The molecule has 0 fully saturated rings. The second-order valence-electron chi connectivity index (χ2n) is 4.78. The zero-order chi connectivity index (χ0) is 13.7. The molecule has 0 radical (unpaired) electrons. The number of methoxy groups -OCH3 is 1. The molecule has 5 nitrogen and oxygen atoms in total. The molecule has 0 aromatic carbocycles. The molecule has 1 atom stereocenters. The van der Waals surface area contributed by atoms with E-state index in [2.05, 4.69) is 29.2 Å². The standard InChI is InChI=1S/C14H20N4O/c1-11(2)13(10-19-3)17-12-6-4-7-15-14(12)18-9-5-8-16-18/h4-9,11,13,17H,10H2,1-3H3. The molecule has 2 aromatic heterocycles. The van der Waals surface area contributed by atoms with Crippen LogP contribution in [0.1, 0.15) is 13.8 Å². The van der Waals surface area contributed by atoms with Crippen molar-refractivity contribution in [3.8, 4) is 5.82 Å². The molecule has 5 heteroatoms. The smallest absolute Gasteiger partial charge is 0.176 e. The maximum atomic E-state index is 5.26. The van der Waals surface area contributed by atoms with Crippen LogP contribution in [-0.2, 0) is 4.74 Å². The molecule has 0 saturated carbocycles. The summed E-state index contributed by atoms with van der Waals surface area (Å²) >= 11 is 0. The third-order valence-electron chi connectivity index (χ3n) is 3.00. The highest BCUT2D eigenvalue weighted by molar-refractivity contribution is 5.56. The van der Waals surface area contributed by atoms with E-state index in [1.165, 1.54) is 0 Å². The van der Waals surface area contributed by atoms with Crippen molar-refractivity contribution in [1.29, 1.82) is 0 Å². The number of hydrogen-bond donors (Lipinski definition) is 1. The molecule has 0 bridgehead atoms. The SMILES string of the molecule is COCC(Nc1cccnc1-n1cccn1)C(C)C. The quantitative estimate of drug-likeness (QED) is 0.866. The minimum Gasteiger partial charge on any atom is -0.383 e. The lowest BCUT2D eigenvalue weighted by molar-refractivity contribution is 0.171. The van der Waals surface area contributed by atoms with Crippen LogP contribution in [-0.4, -0.2) is 34.5 Å². The third kappa shape index (κ3) is 3.32. The van der Waals surface area contributed by atoms with Gasteiger partial charge in [-0.25, -0.2) is 9.67 Å². The van der Waals surface area contributed by atoms with Crippen LogP contribution in [0.5, 0.6) is 0 Å². The van der Waals surface area contributed by atoms with Crippen molar-refractivity contribution in [2.24, 2.45) is 5.92 Å². The van der Waals surface area contributed by atoms with Crippen molar-refractivity contribution in [1.82, 2.24) is 14.8 Å². The van der Waals surface area contributed by atoms with Gasteiger partial charge in [-0.05, 0) is 24.1 Å². The van der Waals surface area contributed by atoms with Gasteiger partial charge in [0.25, 0.3) is 0 Å². The molecule has 1 unspecified atom stereocenters. The largest absolute Gasteiger partial charge is 0.383 e. The summed E-state index contributed by atoms with van der Waals surface area (Å²) in [4.78, 5) is 4.39. The number of nitrogens with one attached hydrogen (secondary N) is 1. The average molecular weight is 260 g/mol. The van der Waals surface area contributed by atoms with Gasteiger partial charge in [0.15, 0.2) is 5.82 Å². The lowest BCUT2D eigenvalue weighted by atomic mass is 10.1. The summed E-state index contributed by atoms with van der Waals surface area (Å²) in [6.45, 7) is 4.99. The fraction of sp³-hybridized carbons (Fsp3) is 0.429. The number of aromatic nitrogens is 3. The van der Waals surface area contributed by atoms with E-state index < -0.39 is 0 Å². The van der Waals surface area contributed by atoms with E-state index in [0.29, 0.717) is 12.5 Å².